The SMILES string of the molecule is CC(C)(C)OC(=O)CN1CCCN(Cc2ccccc2)C(=O)C1. The van der Waals surface area contributed by atoms with Crippen molar-refractivity contribution >= 4 is 11.9 Å². The second-order valence-electron chi connectivity index (χ2n) is 6.95. The van der Waals surface area contributed by atoms with Gasteiger partial charge in [0, 0.05) is 19.6 Å². The van der Waals surface area contributed by atoms with Crippen molar-refractivity contribution < 1.29 is 14.3 Å². The number of hydrogen-bond acceptors (Lipinski definition) is 4. The molecule has 0 aliphatic carbocycles. The van der Waals surface area contributed by atoms with Gasteiger partial charge < -0.3 is 9.64 Å². The molecule has 1 heterocycles. The van der Waals surface area contributed by atoms with Crippen molar-refractivity contribution in [2.45, 2.75) is 39.3 Å². The first-order chi connectivity index (χ1) is 10.8. The van der Waals surface area contributed by atoms with Crippen molar-refractivity contribution in [2.75, 3.05) is 26.2 Å². The highest BCUT2D eigenvalue weighted by molar-refractivity contribution is 5.79. The van der Waals surface area contributed by atoms with Crippen LogP contribution in [0.2, 0.25) is 0 Å². The Balaban J connectivity index is 1.89. The van der Waals surface area contributed by atoms with Crippen molar-refractivity contribution in [2.24, 2.45) is 0 Å². The van der Waals surface area contributed by atoms with E-state index in [0.717, 1.165) is 25.1 Å². The molecule has 0 bridgehead atoms. The van der Waals surface area contributed by atoms with Crippen LogP contribution in [0.4, 0.5) is 0 Å². The maximum atomic E-state index is 12.4. The fraction of sp³-hybridized carbons (Fsp3) is 0.556. The number of esters is 1. The molecule has 1 fully saturated rings. The van der Waals surface area contributed by atoms with Crippen molar-refractivity contribution in [3.8, 4) is 0 Å². The summed E-state index contributed by atoms with van der Waals surface area (Å²) in [5, 5.41) is 0. The molecule has 0 atom stereocenters. The van der Waals surface area contributed by atoms with E-state index in [1.54, 1.807) is 0 Å². The van der Waals surface area contributed by atoms with E-state index in [0.29, 0.717) is 6.54 Å². The number of hydrogen-bond donors (Lipinski definition) is 0. The molecular weight excluding hydrogens is 292 g/mol. The second kappa shape index (κ2) is 7.59. The molecule has 0 spiro atoms. The molecule has 1 amide bonds. The van der Waals surface area contributed by atoms with Gasteiger partial charge in [-0.25, -0.2) is 0 Å². The van der Waals surface area contributed by atoms with Crippen LogP contribution < -0.4 is 0 Å². The molecule has 0 unspecified atom stereocenters. The van der Waals surface area contributed by atoms with Gasteiger partial charge in [0.1, 0.15) is 5.60 Å². The Bertz CT molecular complexity index is 537. The van der Waals surface area contributed by atoms with Crippen molar-refractivity contribution in [1.29, 1.82) is 0 Å². The third kappa shape index (κ3) is 6.02. The zero-order chi connectivity index (χ0) is 16.9. The standard InChI is InChI=1S/C18H26N2O3/c1-18(2,3)23-17(22)14-19-10-7-11-20(16(21)13-19)12-15-8-5-4-6-9-15/h4-6,8-9H,7,10-14H2,1-3H3. The van der Waals surface area contributed by atoms with Gasteiger partial charge in [0.15, 0.2) is 0 Å². The lowest BCUT2D eigenvalue weighted by atomic mass is 10.2. The summed E-state index contributed by atoms with van der Waals surface area (Å²) in [4.78, 5) is 28.1. The van der Waals surface area contributed by atoms with Crippen LogP contribution in [0.25, 0.3) is 0 Å². The first kappa shape index (κ1) is 17.5. The van der Waals surface area contributed by atoms with E-state index in [-0.39, 0.29) is 25.0 Å². The minimum absolute atomic E-state index is 0.0647. The minimum Gasteiger partial charge on any atom is -0.459 e. The quantitative estimate of drug-likeness (QED) is 0.798. The molecule has 126 valence electrons. The summed E-state index contributed by atoms with van der Waals surface area (Å²) < 4.78 is 5.33. The van der Waals surface area contributed by atoms with Crippen LogP contribution >= 0.6 is 0 Å². The summed E-state index contributed by atoms with van der Waals surface area (Å²) in [6, 6.07) is 9.97. The van der Waals surface area contributed by atoms with Crippen molar-refractivity contribution in [3.63, 3.8) is 0 Å². The number of carbonyl (C=O) groups is 2. The van der Waals surface area contributed by atoms with Gasteiger partial charge in [-0.1, -0.05) is 30.3 Å². The van der Waals surface area contributed by atoms with E-state index in [2.05, 4.69) is 0 Å². The normalized spacial score (nSPS) is 17.0. The minimum atomic E-state index is -0.494. The predicted octanol–water partition coefficient (Wildman–Crippen LogP) is 2.06. The fourth-order valence-corrected chi connectivity index (χ4v) is 2.64. The van der Waals surface area contributed by atoms with Gasteiger partial charge in [-0.15, -0.1) is 0 Å². The number of nitrogens with zero attached hydrogens (tertiary/aromatic N) is 2. The molecule has 23 heavy (non-hydrogen) atoms. The smallest absolute Gasteiger partial charge is 0.320 e. The van der Waals surface area contributed by atoms with Crippen LogP contribution in [-0.2, 0) is 20.9 Å². The molecule has 2 rings (SSSR count). The van der Waals surface area contributed by atoms with E-state index >= 15 is 0 Å². The number of ether oxygens (including phenoxy) is 1. The molecule has 0 radical (unpaired) electrons. The van der Waals surface area contributed by atoms with Gasteiger partial charge in [-0.05, 0) is 32.8 Å². The Morgan fingerprint density at radius 1 is 1.17 bits per heavy atom. The fourth-order valence-electron chi connectivity index (χ4n) is 2.64. The molecule has 5 heteroatoms. The molecule has 1 saturated heterocycles. The maximum Gasteiger partial charge on any atom is 0.320 e. The van der Waals surface area contributed by atoms with E-state index in [4.69, 9.17) is 4.74 Å². The average molecular weight is 318 g/mol. The summed E-state index contributed by atoms with van der Waals surface area (Å²) in [6.07, 6.45) is 0.862. The number of rotatable bonds is 4. The van der Waals surface area contributed by atoms with Crippen LogP contribution in [0.5, 0.6) is 0 Å². The van der Waals surface area contributed by atoms with Gasteiger partial charge in [0.25, 0.3) is 0 Å². The van der Waals surface area contributed by atoms with Gasteiger partial charge in [0.05, 0.1) is 13.1 Å². The zero-order valence-corrected chi connectivity index (χ0v) is 14.2. The van der Waals surface area contributed by atoms with Crippen LogP contribution in [0.3, 0.4) is 0 Å². The number of benzene rings is 1. The van der Waals surface area contributed by atoms with E-state index in [1.807, 2.05) is 60.9 Å². The highest BCUT2D eigenvalue weighted by Gasteiger charge is 2.25. The van der Waals surface area contributed by atoms with Gasteiger partial charge in [-0.2, -0.15) is 0 Å². The first-order valence-corrected chi connectivity index (χ1v) is 8.09. The second-order valence-corrected chi connectivity index (χ2v) is 6.95. The van der Waals surface area contributed by atoms with Crippen LogP contribution in [0, 0.1) is 0 Å². The van der Waals surface area contributed by atoms with Gasteiger partial charge in [-0.3, -0.25) is 14.5 Å². The van der Waals surface area contributed by atoms with E-state index < -0.39 is 5.60 Å². The molecule has 1 aliphatic rings. The van der Waals surface area contributed by atoms with Crippen LogP contribution in [0.1, 0.15) is 32.8 Å². The third-order valence-corrected chi connectivity index (χ3v) is 3.60. The van der Waals surface area contributed by atoms with Crippen LogP contribution in [-0.4, -0.2) is 53.5 Å². The number of carbonyl (C=O) groups excluding carboxylic acids is 2. The first-order valence-electron chi connectivity index (χ1n) is 8.09. The lowest BCUT2D eigenvalue weighted by Gasteiger charge is -2.24. The lowest BCUT2D eigenvalue weighted by molar-refractivity contribution is -0.156. The zero-order valence-electron chi connectivity index (χ0n) is 14.2. The summed E-state index contributed by atoms with van der Waals surface area (Å²) in [6.45, 7) is 8.06. The Morgan fingerprint density at radius 2 is 1.87 bits per heavy atom. The van der Waals surface area contributed by atoms with Crippen LogP contribution in [0.15, 0.2) is 30.3 Å². The van der Waals surface area contributed by atoms with Gasteiger partial charge >= 0.3 is 5.97 Å². The third-order valence-electron chi connectivity index (χ3n) is 3.60. The Labute approximate surface area is 138 Å². The highest BCUT2D eigenvalue weighted by atomic mass is 16.6. The molecule has 0 aromatic heterocycles. The summed E-state index contributed by atoms with van der Waals surface area (Å²) in [5.41, 5.74) is 0.633. The molecule has 0 N–H and O–H groups in total. The van der Waals surface area contributed by atoms with Crippen molar-refractivity contribution in [1.82, 2.24) is 9.80 Å². The predicted molar refractivity (Wildman–Crippen MR) is 88.8 cm³/mol. The summed E-state index contributed by atoms with van der Waals surface area (Å²) >= 11 is 0. The van der Waals surface area contributed by atoms with E-state index in [1.165, 1.54) is 0 Å². The topological polar surface area (TPSA) is 49.9 Å². The summed E-state index contributed by atoms with van der Waals surface area (Å²) in [7, 11) is 0. The summed E-state index contributed by atoms with van der Waals surface area (Å²) in [5.74, 6) is -0.211. The number of amides is 1. The van der Waals surface area contributed by atoms with Crippen molar-refractivity contribution in [3.05, 3.63) is 35.9 Å². The molecule has 0 saturated carbocycles. The highest BCUT2D eigenvalue weighted by Crippen LogP contribution is 2.12. The lowest BCUT2D eigenvalue weighted by Crippen LogP contribution is -2.40. The molecule has 5 nitrogen and oxygen atoms in total. The monoisotopic (exact) mass is 318 g/mol. The van der Waals surface area contributed by atoms with E-state index in [9.17, 15) is 9.59 Å². The molecule has 1 aromatic rings. The largest absolute Gasteiger partial charge is 0.459 e. The Kier molecular flexibility index (Phi) is 5.77. The van der Waals surface area contributed by atoms with Gasteiger partial charge in [0.2, 0.25) is 5.91 Å². The molecule has 1 aliphatic heterocycles. The molecule has 1 aromatic carbocycles. The average Bonchev–Trinajstić information content (AvgIpc) is 2.60. The maximum absolute atomic E-state index is 12.4. The Morgan fingerprint density at radius 3 is 2.52 bits per heavy atom. The molecular formula is C18H26N2O3. The Hall–Kier alpha value is -1.88.